The van der Waals surface area contributed by atoms with Crippen molar-refractivity contribution in [3.63, 3.8) is 0 Å². The van der Waals surface area contributed by atoms with Gasteiger partial charge in [-0.2, -0.15) is 0 Å². The highest BCUT2D eigenvalue weighted by molar-refractivity contribution is 9.10. The maximum Gasteiger partial charge on any atom is 0.335 e. The monoisotopic (exact) mass is 352 g/mol. The Morgan fingerprint density at radius 3 is 2.75 bits per heavy atom. The molecule has 3 nitrogen and oxygen atoms in total. The van der Waals surface area contributed by atoms with Crippen LogP contribution in [0.25, 0.3) is 0 Å². The topological polar surface area (TPSA) is 46.5 Å². The van der Waals surface area contributed by atoms with Gasteiger partial charge in [-0.05, 0) is 46.3 Å². The lowest BCUT2D eigenvalue weighted by Gasteiger charge is -2.07. The number of benzene rings is 2. The van der Waals surface area contributed by atoms with Crippen LogP contribution in [0.3, 0.4) is 0 Å². The van der Waals surface area contributed by atoms with Crippen molar-refractivity contribution in [2.45, 2.75) is 4.90 Å². The predicted octanol–water partition coefficient (Wildman–Crippen LogP) is 4.32. The second-order valence-electron chi connectivity index (χ2n) is 3.96. The fraction of sp³-hybridized carbons (Fsp3) is 0.133. The molecule has 0 saturated heterocycles. The fourth-order valence-electron chi connectivity index (χ4n) is 1.59. The van der Waals surface area contributed by atoms with Crippen LogP contribution in [-0.4, -0.2) is 23.4 Å². The molecule has 0 aliphatic carbocycles. The molecule has 20 heavy (non-hydrogen) atoms. The third-order valence-corrected chi connectivity index (χ3v) is 4.52. The number of carbonyl (C=O) groups is 1. The van der Waals surface area contributed by atoms with E-state index >= 15 is 0 Å². The summed E-state index contributed by atoms with van der Waals surface area (Å²) >= 11 is 5.18. The highest BCUT2D eigenvalue weighted by atomic mass is 79.9. The number of carboxylic acids is 1. The zero-order chi connectivity index (χ0) is 14.4. The minimum absolute atomic E-state index is 0.237. The molecule has 2 aromatic rings. The number of aromatic carboxylic acids is 1. The molecule has 0 fully saturated rings. The molecule has 0 saturated carbocycles. The van der Waals surface area contributed by atoms with E-state index in [1.54, 1.807) is 30.0 Å². The van der Waals surface area contributed by atoms with Crippen molar-refractivity contribution in [3.05, 3.63) is 58.6 Å². The molecule has 0 atom stereocenters. The van der Waals surface area contributed by atoms with Crippen molar-refractivity contribution in [2.24, 2.45) is 0 Å². The van der Waals surface area contributed by atoms with E-state index in [1.807, 2.05) is 24.3 Å². The molecule has 0 bridgehead atoms. The normalized spacial score (nSPS) is 10.2. The summed E-state index contributed by atoms with van der Waals surface area (Å²) in [6.45, 7) is 0.523. The van der Waals surface area contributed by atoms with E-state index in [1.165, 1.54) is 6.07 Å². The Labute approximate surface area is 130 Å². The first-order valence-corrected chi connectivity index (χ1v) is 7.78. The fourth-order valence-corrected chi connectivity index (χ4v) is 2.99. The third-order valence-electron chi connectivity index (χ3n) is 2.53. The number of hydrogen-bond acceptors (Lipinski definition) is 3. The molecule has 0 heterocycles. The van der Waals surface area contributed by atoms with Gasteiger partial charge in [-0.3, -0.25) is 0 Å². The summed E-state index contributed by atoms with van der Waals surface area (Å²) in [5, 5.41) is 8.90. The Bertz CT molecular complexity index is 601. The van der Waals surface area contributed by atoms with Crippen molar-refractivity contribution >= 4 is 33.7 Å². The summed E-state index contributed by atoms with van der Waals surface area (Å²) in [4.78, 5) is 12.0. The molecule has 0 radical (unpaired) electrons. The van der Waals surface area contributed by atoms with E-state index in [-0.39, 0.29) is 5.56 Å². The molecular weight excluding hydrogens is 340 g/mol. The van der Waals surface area contributed by atoms with Gasteiger partial charge in [0.05, 0.1) is 12.2 Å². The molecule has 5 heteroatoms. The van der Waals surface area contributed by atoms with Gasteiger partial charge in [0.2, 0.25) is 0 Å². The predicted molar refractivity (Wildman–Crippen MR) is 83.8 cm³/mol. The quantitative estimate of drug-likeness (QED) is 0.621. The van der Waals surface area contributed by atoms with Crippen LogP contribution in [-0.2, 0) is 0 Å². The average Bonchev–Trinajstić information content (AvgIpc) is 2.45. The third kappa shape index (κ3) is 4.28. The standard InChI is InChI=1S/C15H13BrO3S/c16-13-6-1-2-7-14(13)20-9-8-19-12-5-3-4-11(10-12)15(17)18/h1-7,10H,8-9H2,(H,17,18). The maximum atomic E-state index is 10.8. The number of halogens is 1. The van der Waals surface area contributed by atoms with E-state index in [9.17, 15) is 4.79 Å². The Kier molecular flexibility index (Phi) is 5.49. The number of rotatable bonds is 6. The van der Waals surface area contributed by atoms with Crippen LogP contribution in [0.5, 0.6) is 5.75 Å². The Hall–Kier alpha value is -1.46. The molecule has 0 spiro atoms. The van der Waals surface area contributed by atoms with Crippen molar-refractivity contribution < 1.29 is 14.6 Å². The van der Waals surface area contributed by atoms with Gasteiger partial charge in [-0.25, -0.2) is 4.79 Å². The molecule has 104 valence electrons. The number of thioether (sulfide) groups is 1. The van der Waals surface area contributed by atoms with Crippen molar-refractivity contribution in [2.75, 3.05) is 12.4 Å². The van der Waals surface area contributed by atoms with Crippen LogP contribution in [0.2, 0.25) is 0 Å². The van der Waals surface area contributed by atoms with Gasteiger partial charge in [-0.15, -0.1) is 11.8 Å². The van der Waals surface area contributed by atoms with Crippen molar-refractivity contribution in [1.82, 2.24) is 0 Å². The molecule has 2 rings (SSSR count). The molecule has 0 aliphatic heterocycles. The van der Waals surface area contributed by atoms with E-state index < -0.39 is 5.97 Å². The molecule has 0 aliphatic rings. The second kappa shape index (κ2) is 7.36. The van der Waals surface area contributed by atoms with Gasteiger partial charge >= 0.3 is 5.97 Å². The van der Waals surface area contributed by atoms with Crippen LogP contribution in [0.4, 0.5) is 0 Å². The summed E-state index contributed by atoms with van der Waals surface area (Å²) in [5.74, 6) is 0.426. The SMILES string of the molecule is O=C(O)c1cccc(OCCSc2ccccc2Br)c1. The van der Waals surface area contributed by atoms with E-state index in [0.717, 1.165) is 15.1 Å². The van der Waals surface area contributed by atoms with Crippen LogP contribution >= 0.6 is 27.7 Å². The highest BCUT2D eigenvalue weighted by Gasteiger charge is 2.04. The smallest absolute Gasteiger partial charge is 0.335 e. The maximum absolute atomic E-state index is 10.8. The van der Waals surface area contributed by atoms with Gasteiger partial charge < -0.3 is 9.84 Å². The van der Waals surface area contributed by atoms with Gasteiger partial charge in [0, 0.05) is 15.1 Å². The molecule has 0 amide bonds. The van der Waals surface area contributed by atoms with Gasteiger partial charge in [0.15, 0.2) is 0 Å². The lowest BCUT2D eigenvalue weighted by molar-refractivity contribution is 0.0696. The summed E-state index contributed by atoms with van der Waals surface area (Å²) in [7, 11) is 0. The Morgan fingerprint density at radius 1 is 1.20 bits per heavy atom. The first-order valence-electron chi connectivity index (χ1n) is 6.00. The number of carboxylic acid groups (broad SMARTS) is 1. The summed E-state index contributed by atoms with van der Waals surface area (Å²) in [6, 6.07) is 14.5. The van der Waals surface area contributed by atoms with E-state index in [4.69, 9.17) is 9.84 Å². The van der Waals surface area contributed by atoms with Gasteiger partial charge in [0.25, 0.3) is 0 Å². The zero-order valence-electron chi connectivity index (χ0n) is 10.6. The van der Waals surface area contributed by atoms with E-state index in [0.29, 0.717) is 12.4 Å². The first-order chi connectivity index (χ1) is 9.66. The minimum Gasteiger partial charge on any atom is -0.493 e. The summed E-state index contributed by atoms with van der Waals surface area (Å²) in [6.07, 6.45) is 0. The summed E-state index contributed by atoms with van der Waals surface area (Å²) < 4.78 is 6.63. The van der Waals surface area contributed by atoms with Crippen molar-refractivity contribution in [1.29, 1.82) is 0 Å². The summed E-state index contributed by atoms with van der Waals surface area (Å²) in [5.41, 5.74) is 0.237. The lowest BCUT2D eigenvalue weighted by Crippen LogP contribution is -2.02. The van der Waals surface area contributed by atoms with E-state index in [2.05, 4.69) is 15.9 Å². The largest absolute Gasteiger partial charge is 0.493 e. The van der Waals surface area contributed by atoms with Crippen LogP contribution in [0, 0.1) is 0 Å². The van der Waals surface area contributed by atoms with Crippen molar-refractivity contribution in [3.8, 4) is 5.75 Å². The second-order valence-corrected chi connectivity index (χ2v) is 5.95. The Morgan fingerprint density at radius 2 is 2.00 bits per heavy atom. The first kappa shape index (κ1) is 14.9. The highest BCUT2D eigenvalue weighted by Crippen LogP contribution is 2.26. The van der Waals surface area contributed by atoms with Gasteiger partial charge in [-0.1, -0.05) is 18.2 Å². The molecule has 2 aromatic carbocycles. The van der Waals surface area contributed by atoms with Gasteiger partial charge in [0.1, 0.15) is 5.75 Å². The molecule has 0 unspecified atom stereocenters. The minimum atomic E-state index is -0.946. The Balaban J connectivity index is 1.83. The number of hydrogen-bond donors (Lipinski definition) is 1. The molecular formula is C15H13BrO3S. The lowest BCUT2D eigenvalue weighted by atomic mass is 10.2. The molecule has 1 N–H and O–H groups in total. The zero-order valence-corrected chi connectivity index (χ0v) is 13.0. The van der Waals surface area contributed by atoms with Crippen LogP contribution in [0.1, 0.15) is 10.4 Å². The van der Waals surface area contributed by atoms with Crippen LogP contribution < -0.4 is 4.74 Å². The number of ether oxygens (including phenoxy) is 1. The van der Waals surface area contributed by atoms with Crippen LogP contribution in [0.15, 0.2) is 57.9 Å². The molecule has 0 aromatic heterocycles. The average molecular weight is 353 g/mol.